The Bertz CT molecular complexity index is 3080. The maximum atomic E-state index is 17.2. The molecule has 0 atom stereocenters. The Hall–Kier alpha value is -5.37. The van der Waals surface area contributed by atoms with Crippen molar-refractivity contribution in [2.24, 2.45) is 0 Å². The third-order valence-corrected chi connectivity index (χ3v) is 15.0. The molecule has 0 aliphatic rings. The molecular formula is C49H36Cl2F3O4PS. The largest absolute Gasteiger partial charge is 0.534 e. The first kappa shape index (κ1) is 41.4. The van der Waals surface area contributed by atoms with Crippen LogP contribution in [0.5, 0.6) is 5.75 Å². The van der Waals surface area contributed by atoms with E-state index < -0.39 is 28.5 Å². The van der Waals surface area contributed by atoms with E-state index in [1.807, 2.05) is 100 Å². The van der Waals surface area contributed by atoms with Gasteiger partial charge < -0.3 is 8.75 Å². The minimum atomic E-state index is -6.26. The summed E-state index contributed by atoms with van der Waals surface area (Å²) in [5.74, 6) is -0.613. The first-order valence-corrected chi connectivity index (χ1v) is 22.7. The lowest BCUT2D eigenvalue weighted by Crippen LogP contribution is -2.29. The van der Waals surface area contributed by atoms with Crippen LogP contribution in [0, 0.1) is 27.7 Å². The summed E-state index contributed by atoms with van der Waals surface area (Å²) in [6.45, 7) is 7.64. The van der Waals surface area contributed by atoms with Gasteiger partial charge in [0.25, 0.3) is 0 Å². The van der Waals surface area contributed by atoms with Crippen LogP contribution in [0.3, 0.4) is 0 Å². The van der Waals surface area contributed by atoms with Crippen molar-refractivity contribution in [2.45, 2.75) is 33.2 Å². The van der Waals surface area contributed by atoms with E-state index in [0.29, 0.717) is 58.9 Å². The highest BCUT2D eigenvalue weighted by molar-refractivity contribution is 7.88. The van der Waals surface area contributed by atoms with E-state index in [1.54, 1.807) is 66.7 Å². The third kappa shape index (κ3) is 7.52. The highest BCUT2D eigenvalue weighted by Crippen LogP contribution is 2.54. The molecule has 0 aliphatic carbocycles. The minimum Gasteiger partial charge on any atom is -0.375 e. The molecule has 60 heavy (non-hydrogen) atoms. The second-order valence-corrected chi connectivity index (χ2v) is 20.2. The lowest BCUT2D eigenvalue weighted by atomic mass is 9.87. The second-order valence-electron chi connectivity index (χ2n) is 15.0. The fraction of sp³-hybridized carbons (Fsp3) is 0.102. The Morgan fingerprint density at radius 1 is 0.517 bits per heavy atom. The van der Waals surface area contributed by atoms with E-state index in [-0.39, 0.29) is 16.4 Å². The molecule has 8 aromatic rings. The van der Waals surface area contributed by atoms with Crippen LogP contribution in [0.15, 0.2) is 146 Å². The molecule has 0 aliphatic heterocycles. The number of rotatable bonds is 8. The number of halogens is 5. The predicted octanol–water partition coefficient (Wildman–Crippen LogP) is 13.4. The number of benzene rings is 8. The molecule has 0 aromatic heterocycles. The van der Waals surface area contributed by atoms with Crippen molar-refractivity contribution in [2.75, 3.05) is 0 Å². The Kier molecular flexibility index (Phi) is 10.7. The van der Waals surface area contributed by atoms with Gasteiger partial charge in [-0.3, -0.25) is 0 Å². The highest BCUT2D eigenvalue weighted by atomic mass is 35.5. The molecule has 0 unspecified atom stereocenters. The van der Waals surface area contributed by atoms with Gasteiger partial charge in [-0.1, -0.05) is 130 Å². The summed E-state index contributed by atoms with van der Waals surface area (Å²) in [5.41, 5.74) is 0.140. The number of hydrogen-bond donors (Lipinski definition) is 0. The van der Waals surface area contributed by atoms with Crippen molar-refractivity contribution < 1.29 is 30.3 Å². The van der Waals surface area contributed by atoms with E-state index in [1.165, 1.54) is 6.07 Å². The van der Waals surface area contributed by atoms with Crippen molar-refractivity contribution in [3.8, 4) is 39.1 Å². The summed E-state index contributed by atoms with van der Waals surface area (Å²) in [4.78, 5) is 0. The molecule has 0 radical (unpaired) electrons. The standard InChI is InChI=1S/C49H36Cl2F3O4PS/c1-29-19-30(2)22-37(21-29)59(55,38-23-31(3)20-32(4)24-38)46-28-42(34-13-9-6-10-14-34)44-26-36(51)16-18-40(44)48(46)47-39-17-15-35(50)25-43(39)41(33-11-7-5-8-12-33)27-45(47)58-60(56,57)49(52,53)54/h5-28H,1-4H3. The molecule has 8 aromatic carbocycles. The summed E-state index contributed by atoms with van der Waals surface area (Å²) in [5, 5.41) is 3.76. The third-order valence-electron chi connectivity index (χ3n) is 10.5. The molecule has 0 saturated carbocycles. The van der Waals surface area contributed by atoms with Gasteiger partial charge in [0.2, 0.25) is 0 Å². The average Bonchev–Trinajstić information content (AvgIpc) is 3.19. The summed E-state index contributed by atoms with van der Waals surface area (Å²) < 4.78 is 92.3. The van der Waals surface area contributed by atoms with Crippen LogP contribution >= 0.6 is 30.3 Å². The van der Waals surface area contributed by atoms with E-state index in [4.69, 9.17) is 27.4 Å². The molecule has 0 saturated heterocycles. The van der Waals surface area contributed by atoms with Crippen molar-refractivity contribution in [3.05, 3.63) is 178 Å². The minimum absolute atomic E-state index is 0.0231. The first-order valence-electron chi connectivity index (χ1n) is 18.9. The van der Waals surface area contributed by atoms with Crippen molar-refractivity contribution in [3.63, 3.8) is 0 Å². The van der Waals surface area contributed by atoms with Gasteiger partial charge in [-0.05, 0) is 132 Å². The van der Waals surface area contributed by atoms with Gasteiger partial charge >= 0.3 is 15.6 Å². The fourth-order valence-corrected chi connectivity index (χ4v) is 12.2. The van der Waals surface area contributed by atoms with E-state index >= 15 is 4.57 Å². The van der Waals surface area contributed by atoms with Gasteiger partial charge in [0.15, 0.2) is 12.9 Å². The normalized spacial score (nSPS) is 12.3. The molecule has 8 rings (SSSR count). The van der Waals surface area contributed by atoms with Gasteiger partial charge in [-0.2, -0.15) is 21.6 Å². The highest BCUT2D eigenvalue weighted by Gasteiger charge is 2.49. The lowest BCUT2D eigenvalue weighted by Gasteiger charge is -2.28. The molecule has 4 nitrogen and oxygen atoms in total. The smallest absolute Gasteiger partial charge is 0.375 e. The van der Waals surface area contributed by atoms with Crippen molar-refractivity contribution >= 4 is 77.9 Å². The lowest BCUT2D eigenvalue weighted by molar-refractivity contribution is -0.0499. The van der Waals surface area contributed by atoms with Crippen LogP contribution in [-0.2, 0) is 14.7 Å². The van der Waals surface area contributed by atoms with Crippen LogP contribution in [0.1, 0.15) is 22.3 Å². The molecular weight excluding hydrogens is 843 g/mol. The van der Waals surface area contributed by atoms with Gasteiger partial charge in [-0.25, -0.2) is 0 Å². The predicted molar refractivity (Wildman–Crippen MR) is 242 cm³/mol. The molecule has 0 heterocycles. The molecule has 0 amide bonds. The zero-order valence-electron chi connectivity index (χ0n) is 32.7. The summed E-state index contributed by atoms with van der Waals surface area (Å²) in [7, 11) is -10.4. The van der Waals surface area contributed by atoms with Gasteiger partial charge in [0.1, 0.15) is 0 Å². The summed E-state index contributed by atoms with van der Waals surface area (Å²) >= 11 is 13.4. The molecule has 11 heteroatoms. The van der Waals surface area contributed by atoms with Gasteiger partial charge in [0.05, 0.1) is 0 Å². The molecule has 302 valence electrons. The van der Waals surface area contributed by atoms with Gasteiger partial charge in [0, 0.05) is 37.1 Å². The zero-order chi connectivity index (χ0) is 42.7. The maximum absolute atomic E-state index is 17.2. The van der Waals surface area contributed by atoms with Crippen molar-refractivity contribution in [1.29, 1.82) is 0 Å². The van der Waals surface area contributed by atoms with E-state index in [9.17, 15) is 21.6 Å². The van der Waals surface area contributed by atoms with E-state index in [2.05, 4.69) is 0 Å². The monoisotopic (exact) mass is 878 g/mol. The molecule has 0 fully saturated rings. The fourth-order valence-electron chi connectivity index (χ4n) is 8.16. The number of fused-ring (bicyclic) bond motifs is 2. The van der Waals surface area contributed by atoms with Crippen LogP contribution in [-0.4, -0.2) is 13.9 Å². The Balaban J connectivity index is 1.67. The molecule has 0 spiro atoms. The van der Waals surface area contributed by atoms with Gasteiger partial charge in [-0.15, -0.1) is 0 Å². The number of aryl methyl sites for hydroxylation is 4. The maximum Gasteiger partial charge on any atom is 0.534 e. The summed E-state index contributed by atoms with van der Waals surface area (Å²) in [6.07, 6.45) is 0. The summed E-state index contributed by atoms with van der Waals surface area (Å²) in [6, 6.07) is 42.8. The van der Waals surface area contributed by atoms with Crippen LogP contribution in [0.2, 0.25) is 10.0 Å². The van der Waals surface area contributed by atoms with Crippen LogP contribution < -0.4 is 20.1 Å². The average molecular weight is 880 g/mol. The SMILES string of the molecule is Cc1cc(C)cc(P(=O)(c2cc(C)cc(C)c2)c2cc(-c3ccccc3)c3cc(Cl)ccc3c2-c2c(OS(=O)(=O)C(F)(F)F)cc(-c3ccccc3)c3cc(Cl)ccc23)c1. The zero-order valence-corrected chi connectivity index (χ0v) is 36.0. The van der Waals surface area contributed by atoms with Crippen LogP contribution in [0.4, 0.5) is 13.2 Å². The quantitative estimate of drug-likeness (QED) is 0.0867. The Labute approximate surface area is 356 Å². The van der Waals surface area contributed by atoms with Crippen molar-refractivity contribution in [1.82, 2.24) is 0 Å². The topological polar surface area (TPSA) is 60.4 Å². The number of hydrogen-bond acceptors (Lipinski definition) is 4. The Morgan fingerprint density at radius 3 is 1.37 bits per heavy atom. The second kappa shape index (κ2) is 15.6. The number of alkyl halides is 3. The Morgan fingerprint density at radius 2 is 0.933 bits per heavy atom. The van der Waals surface area contributed by atoms with E-state index in [0.717, 1.165) is 27.8 Å². The first-order chi connectivity index (χ1) is 28.4. The molecule has 0 N–H and O–H groups in total. The van der Waals surface area contributed by atoms with Crippen LogP contribution in [0.25, 0.3) is 54.9 Å². The molecule has 0 bridgehead atoms.